The van der Waals surface area contributed by atoms with E-state index in [2.05, 4.69) is 10.3 Å². The van der Waals surface area contributed by atoms with Gasteiger partial charge in [-0.15, -0.1) is 0 Å². The molecule has 106 valence electrons. The van der Waals surface area contributed by atoms with Gasteiger partial charge in [-0.1, -0.05) is 42.5 Å². The van der Waals surface area contributed by atoms with E-state index in [1.165, 1.54) is 0 Å². The van der Waals surface area contributed by atoms with Gasteiger partial charge in [-0.3, -0.25) is 4.98 Å². The molecular weight excluding hydrogens is 263 g/mol. The summed E-state index contributed by atoms with van der Waals surface area (Å²) in [4.78, 5) is 4.30. The molecule has 21 heavy (non-hydrogen) atoms. The number of pyridine rings is 1. The summed E-state index contributed by atoms with van der Waals surface area (Å²) in [6.07, 6.45) is 3.64. The Morgan fingerprint density at radius 1 is 1.00 bits per heavy atom. The van der Waals surface area contributed by atoms with Gasteiger partial charge in [-0.05, 0) is 30.5 Å². The highest BCUT2D eigenvalue weighted by Crippen LogP contribution is 2.30. The van der Waals surface area contributed by atoms with E-state index in [-0.39, 0.29) is 11.9 Å². The molecule has 1 unspecified atom stereocenters. The van der Waals surface area contributed by atoms with Crippen molar-refractivity contribution in [3.05, 3.63) is 77.4 Å². The zero-order valence-corrected chi connectivity index (χ0v) is 12.1. The zero-order chi connectivity index (χ0) is 14.8. The molecule has 0 aliphatic carbocycles. The maximum absolute atomic E-state index is 14.5. The van der Waals surface area contributed by atoms with E-state index in [1.54, 1.807) is 13.0 Å². The molecule has 0 bridgehead atoms. The molecule has 3 rings (SSSR count). The molecule has 1 N–H and O–H groups in total. The van der Waals surface area contributed by atoms with Gasteiger partial charge >= 0.3 is 0 Å². The minimum absolute atomic E-state index is 0.162. The smallest absolute Gasteiger partial charge is 0.131 e. The van der Waals surface area contributed by atoms with Crippen LogP contribution in [0.3, 0.4) is 0 Å². The summed E-state index contributed by atoms with van der Waals surface area (Å²) >= 11 is 0. The molecule has 3 aromatic rings. The van der Waals surface area contributed by atoms with Crippen LogP contribution in [0.5, 0.6) is 0 Å². The second-order valence-electron chi connectivity index (χ2n) is 5.15. The maximum Gasteiger partial charge on any atom is 0.131 e. The molecule has 2 nitrogen and oxygen atoms in total. The van der Waals surface area contributed by atoms with E-state index < -0.39 is 0 Å². The SMILES string of the molecule is CNC(c1cccc(C)c1F)c1cncc2ccccc12. The van der Waals surface area contributed by atoms with E-state index in [1.807, 2.05) is 55.8 Å². The van der Waals surface area contributed by atoms with Crippen LogP contribution in [0.4, 0.5) is 4.39 Å². The first-order chi connectivity index (χ1) is 10.2. The number of benzene rings is 2. The van der Waals surface area contributed by atoms with Gasteiger partial charge in [0.2, 0.25) is 0 Å². The highest BCUT2D eigenvalue weighted by molar-refractivity contribution is 5.85. The van der Waals surface area contributed by atoms with Gasteiger partial charge in [0, 0.05) is 23.3 Å². The fourth-order valence-electron chi connectivity index (χ4n) is 2.74. The van der Waals surface area contributed by atoms with Crippen LogP contribution in [-0.4, -0.2) is 12.0 Å². The van der Waals surface area contributed by atoms with Crippen LogP contribution in [-0.2, 0) is 0 Å². The van der Waals surface area contributed by atoms with Gasteiger partial charge in [0.1, 0.15) is 5.82 Å². The molecule has 0 spiro atoms. The lowest BCUT2D eigenvalue weighted by Gasteiger charge is -2.20. The van der Waals surface area contributed by atoms with Crippen LogP contribution < -0.4 is 5.32 Å². The van der Waals surface area contributed by atoms with E-state index in [4.69, 9.17) is 0 Å². The van der Waals surface area contributed by atoms with Crippen molar-refractivity contribution >= 4 is 10.8 Å². The number of aryl methyl sites for hydroxylation is 1. The summed E-state index contributed by atoms with van der Waals surface area (Å²) < 4.78 is 14.5. The van der Waals surface area contributed by atoms with E-state index in [0.29, 0.717) is 11.1 Å². The molecule has 1 atom stereocenters. The van der Waals surface area contributed by atoms with Crippen molar-refractivity contribution in [1.82, 2.24) is 10.3 Å². The Kier molecular flexibility index (Phi) is 3.67. The summed E-state index contributed by atoms with van der Waals surface area (Å²) in [6.45, 7) is 1.78. The lowest BCUT2D eigenvalue weighted by atomic mass is 9.94. The average Bonchev–Trinajstić information content (AvgIpc) is 2.52. The lowest BCUT2D eigenvalue weighted by molar-refractivity contribution is 0.570. The fourth-order valence-corrected chi connectivity index (χ4v) is 2.74. The molecule has 0 aliphatic heterocycles. The van der Waals surface area contributed by atoms with Crippen molar-refractivity contribution in [2.75, 3.05) is 7.05 Å². The van der Waals surface area contributed by atoms with Crippen molar-refractivity contribution < 1.29 is 4.39 Å². The van der Waals surface area contributed by atoms with Gasteiger partial charge in [0.25, 0.3) is 0 Å². The molecule has 0 fully saturated rings. The quantitative estimate of drug-likeness (QED) is 0.784. The van der Waals surface area contributed by atoms with Crippen molar-refractivity contribution in [1.29, 1.82) is 0 Å². The van der Waals surface area contributed by atoms with Crippen LogP contribution >= 0.6 is 0 Å². The molecular formula is C18H17FN2. The average molecular weight is 280 g/mol. The number of halogens is 1. The van der Waals surface area contributed by atoms with Gasteiger partial charge in [0.05, 0.1) is 6.04 Å². The summed E-state index contributed by atoms with van der Waals surface area (Å²) in [5.41, 5.74) is 2.29. The Morgan fingerprint density at radius 2 is 1.81 bits per heavy atom. The number of aromatic nitrogens is 1. The molecule has 3 heteroatoms. The van der Waals surface area contributed by atoms with Crippen LogP contribution in [0.1, 0.15) is 22.7 Å². The monoisotopic (exact) mass is 280 g/mol. The Bertz CT molecular complexity index is 778. The third-order valence-electron chi connectivity index (χ3n) is 3.83. The van der Waals surface area contributed by atoms with Crippen LogP contribution in [0.15, 0.2) is 54.9 Å². The van der Waals surface area contributed by atoms with Crippen molar-refractivity contribution in [2.45, 2.75) is 13.0 Å². The molecule has 2 aromatic carbocycles. The largest absolute Gasteiger partial charge is 0.309 e. The lowest BCUT2D eigenvalue weighted by Crippen LogP contribution is -2.20. The minimum Gasteiger partial charge on any atom is -0.309 e. The van der Waals surface area contributed by atoms with E-state index >= 15 is 0 Å². The molecule has 0 saturated carbocycles. The highest BCUT2D eigenvalue weighted by atomic mass is 19.1. The standard InChI is InChI=1S/C18H17FN2/c1-12-6-5-9-15(17(12)19)18(20-2)16-11-21-10-13-7-3-4-8-14(13)16/h3-11,18,20H,1-2H3. The summed E-state index contributed by atoms with van der Waals surface area (Å²) in [7, 11) is 1.84. The molecule has 0 amide bonds. The molecule has 0 aliphatic rings. The summed E-state index contributed by atoms with van der Waals surface area (Å²) in [5.74, 6) is -0.162. The van der Waals surface area contributed by atoms with Crippen molar-refractivity contribution in [3.63, 3.8) is 0 Å². The topological polar surface area (TPSA) is 24.9 Å². The normalized spacial score (nSPS) is 12.5. The van der Waals surface area contributed by atoms with Gasteiger partial charge < -0.3 is 5.32 Å². The van der Waals surface area contributed by atoms with Crippen LogP contribution in [0, 0.1) is 12.7 Å². The number of hydrogen-bond acceptors (Lipinski definition) is 2. The minimum atomic E-state index is -0.219. The van der Waals surface area contributed by atoms with Crippen LogP contribution in [0.2, 0.25) is 0 Å². The third-order valence-corrected chi connectivity index (χ3v) is 3.83. The van der Waals surface area contributed by atoms with E-state index in [9.17, 15) is 4.39 Å². The number of fused-ring (bicyclic) bond motifs is 1. The summed E-state index contributed by atoms with van der Waals surface area (Å²) in [6, 6.07) is 13.3. The van der Waals surface area contributed by atoms with Crippen LogP contribution in [0.25, 0.3) is 10.8 Å². The first kappa shape index (κ1) is 13.7. The number of hydrogen-bond donors (Lipinski definition) is 1. The van der Waals surface area contributed by atoms with Gasteiger partial charge in [0.15, 0.2) is 0 Å². The van der Waals surface area contributed by atoms with E-state index in [0.717, 1.165) is 16.3 Å². The highest BCUT2D eigenvalue weighted by Gasteiger charge is 2.19. The predicted molar refractivity (Wildman–Crippen MR) is 83.8 cm³/mol. The second kappa shape index (κ2) is 5.62. The third kappa shape index (κ3) is 2.41. The second-order valence-corrected chi connectivity index (χ2v) is 5.15. The van der Waals surface area contributed by atoms with Crippen molar-refractivity contribution in [3.8, 4) is 0 Å². The molecule has 0 saturated heterocycles. The van der Waals surface area contributed by atoms with Gasteiger partial charge in [-0.2, -0.15) is 0 Å². The predicted octanol–water partition coefficient (Wildman–Crippen LogP) is 3.99. The Hall–Kier alpha value is -2.26. The number of rotatable bonds is 3. The molecule has 0 radical (unpaired) electrons. The Morgan fingerprint density at radius 3 is 2.62 bits per heavy atom. The Labute approximate surface area is 123 Å². The zero-order valence-electron chi connectivity index (χ0n) is 12.1. The number of nitrogens with one attached hydrogen (secondary N) is 1. The first-order valence-corrected chi connectivity index (χ1v) is 6.97. The Balaban J connectivity index is 2.21. The molecule has 1 heterocycles. The molecule has 1 aromatic heterocycles. The fraction of sp³-hybridized carbons (Fsp3) is 0.167. The summed E-state index contributed by atoms with van der Waals surface area (Å²) in [5, 5.41) is 5.36. The van der Waals surface area contributed by atoms with Crippen molar-refractivity contribution in [2.24, 2.45) is 0 Å². The van der Waals surface area contributed by atoms with Gasteiger partial charge in [-0.25, -0.2) is 4.39 Å². The first-order valence-electron chi connectivity index (χ1n) is 6.97. The number of nitrogens with zero attached hydrogens (tertiary/aromatic N) is 1. The maximum atomic E-state index is 14.5.